The second kappa shape index (κ2) is 6.06. The third-order valence-electron chi connectivity index (χ3n) is 3.53. The lowest BCUT2D eigenvalue weighted by atomic mass is 9.89. The van der Waals surface area contributed by atoms with Crippen molar-refractivity contribution in [1.29, 1.82) is 0 Å². The van der Waals surface area contributed by atoms with Crippen molar-refractivity contribution in [3.63, 3.8) is 0 Å². The van der Waals surface area contributed by atoms with E-state index >= 15 is 0 Å². The Bertz CT molecular complexity index is 544. The Morgan fingerprint density at radius 3 is 2.20 bits per heavy atom. The van der Waals surface area contributed by atoms with Crippen LogP contribution in [0, 0.1) is 5.82 Å². The van der Waals surface area contributed by atoms with Crippen LogP contribution in [0.3, 0.4) is 0 Å². The summed E-state index contributed by atoms with van der Waals surface area (Å²) in [6.07, 6.45) is 1.32. The van der Waals surface area contributed by atoms with Gasteiger partial charge in [-0.05, 0) is 55.2 Å². The van der Waals surface area contributed by atoms with E-state index < -0.39 is 5.60 Å². The van der Waals surface area contributed by atoms with Gasteiger partial charge in [0.15, 0.2) is 0 Å². The Hall–Kier alpha value is -1.87. The summed E-state index contributed by atoms with van der Waals surface area (Å²) in [4.78, 5) is 0. The van der Waals surface area contributed by atoms with E-state index in [1.807, 2.05) is 24.3 Å². The highest BCUT2D eigenvalue weighted by atomic mass is 19.1. The van der Waals surface area contributed by atoms with Gasteiger partial charge in [0.25, 0.3) is 0 Å². The fraction of sp³-hybridized carbons (Fsp3) is 0.294. The van der Waals surface area contributed by atoms with E-state index in [4.69, 9.17) is 4.74 Å². The van der Waals surface area contributed by atoms with Gasteiger partial charge in [-0.1, -0.05) is 24.3 Å². The van der Waals surface area contributed by atoms with Crippen LogP contribution in [-0.4, -0.2) is 12.2 Å². The first kappa shape index (κ1) is 14.5. The molecule has 0 aromatic heterocycles. The second-order valence-electron chi connectivity index (χ2n) is 5.13. The fourth-order valence-corrected chi connectivity index (χ4v) is 2.13. The fourth-order valence-electron chi connectivity index (χ4n) is 2.13. The molecule has 0 spiro atoms. The lowest BCUT2D eigenvalue weighted by Gasteiger charge is -2.24. The highest BCUT2D eigenvalue weighted by Crippen LogP contribution is 2.26. The van der Waals surface area contributed by atoms with E-state index in [9.17, 15) is 9.50 Å². The van der Waals surface area contributed by atoms with Gasteiger partial charge in [-0.2, -0.15) is 0 Å². The van der Waals surface area contributed by atoms with Gasteiger partial charge in [0.1, 0.15) is 11.6 Å². The average molecular weight is 274 g/mol. The molecule has 2 nitrogen and oxygen atoms in total. The van der Waals surface area contributed by atoms with Crippen LogP contribution >= 0.6 is 0 Å². The number of methoxy groups -OCH3 is 1. The molecule has 1 unspecified atom stereocenters. The number of aryl methyl sites for hydroxylation is 1. The maximum atomic E-state index is 12.9. The van der Waals surface area contributed by atoms with Gasteiger partial charge in [-0.15, -0.1) is 0 Å². The number of benzene rings is 2. The van der Waals surface area contributed by atoms with E-state index in [1.54, 1.807) is 26.2 Å². The molecule has 0 saturated carbocycles. The van der Waals surface area contributed by atoms with E-state index in [-0.39, 0.29) is 5.82 Å². The molecule has 0 radical (unpaired) electrons. The minimum atomic E-state index is -0.965. The number of ether oxygens (including phenoxy) is 1. The minimum Gasteiger partial charge on any atom is -0.497 e. The van der Waals surface area contributed by atoms with Crippen LogP contribution in [0.25, 0.3) is 0 Å². The van der Waals surface area contributed by atoms with E-state index in [2.05, 4.69) is 0 Å². The monoisotopic (exact) mass is 274 g/mol. The van der Waals surface area contributed by atoms with E-state index in [0.29, 0.717) is 6.42 Å². The number of hydrogen-bond acceptors (Lipinski definition) is 2. The Morgan fingerprint density at radius 2 is 1.65 bits per heavy atom. The first-order chi connectivity index (χ1) is 9.51. The van der Waals surface area contributed by atoms with Crippen molar-refractivity contribution in [3.8, 4) is 5.75 Å². The van der Waals surface area contributed by atoms with Crippen molar-refractivity contribution >= 4 is 0 Å². The van der Waals surface area contributed by atoms with Gasteiger partial charge in [0.2, 0.25) is 0 Å². The molecule has 1 atom stereocenters. The van der Waals surface area contributed by atoms with Crippen molar-refractivity contribution in [2.45, 2.75) is 25.4 Å². The molecular weight excluding hydrogens is 255 g/mol. The molecule has 0 fully saturated rings. The lowest BCUT2D eigenvalue weighted by molar-refractivity contribution is 0.0480. The van der Waals surface area contributed by atoms with Crippen LogP contribution in [0.15, 0.2) is 48.5 Å². The number of halogens is 1. The highest BCUT2D eigenvalue weighted by molar-refractivity contribution is 5.28. The molecule has 0 saturated heterocycles. The Balaban J connectivity index is 2.02. The van der Waals surface area contributed by atoms with E-state index in [1.165, 1.54) is 12.1 Å². The molecule has 2 aromatic carbocycles. The highest BCUT2D eigenvalue weighted by Gasteiger charge is 2.22. The molecule has 0 aliphatic carbocycles. The van der Waals surface area contributed by atoms with Crippen molar-refractivity contribution in [3.05, 3.63) is 65.5 Å². The zero-order valence-electron chi connectivity index (χ0n) is 11.8. The molecular formula is C17H19FO2. The van der Waals surface area contributed by atoms with Crippen molar-refractivity contribution in [2.24, 2.45) is 0 Å². The Labute approximate surface area is 118 Å². The second-order valence-corrected chi connectivity index (χ2v) is 5.13. The summed E-state index contributed by atoms with van der Waals surface area (Å²) < 4.78 is 18.0. The molecule has 1 N–H and O–H groups in total. The van der Waals surface area contributed by atoms with Crippen LogP contribution < -0.4 is 4.74 Å². The largest absolute Gasteiger partial charge is 0.497 e. The zero-order valence-corrected chi connectivity index (χ0v) is 11.8. The summed E-state index contributed by atoms with van der Waals surface area (Å²) in [6.45, 7) is 1.75. The predicted molar refractivity (Wildman–Crippen MR) is 77.3 cm³/mol. The standard InChI is InChI=1S/C17H19FO2/c1-17(19,14-5-7-15(18)8-6-14)12-11-13-3-9-16(20-2)10-4-13/h3-10,19H,11-12H2,1-2H3. The molecule has 0 heterocycles. The number of aliphatic hydroxyl groups is 1. The topological polar surface area (TPSA) is 29.5 Å². The van der Waals surface area contributed by atoms with Crippen molar-refractivity contribution in [2.75, 3.05) is 7.11 Å². The first-order valence-corrected chi connectivity index (χ1v) is 6.62. The molecule has 0 aliphatic rings. The third-order valence-corrected chi connectivity index (χ3v) is 3.53. The normalized spacial score (nSPS) is 13.8. The molecule has 0 amide bonds. The Morgan fingerprint density at radius 1 is 1.05 bits per heavy atom. The predicted octanol–water partition coefficient (Wildman–Crippen LogP) is 3.67. The molecule has 106 valence electrons. The van der Waals surface area contributed by atoms with Crippen LogP contribution in [0.2, 0.25) is 0 Å². The zero-order chi connectivity index (χ0) is 14.6. The van der Waals surface area contributed by atoms with Crippen molar-refractivity contribution in [1.82, 2.24) is 0 Å². The molecule has 2 rings (SSSR count). The Kier molecular flexibility index (Phi) is 4.40. The summed E-state index contributed by atoms with van der Waals surface area (Å²) in [5.41, 5.74) is 0.897. The van der Waals surface area contributed by atoms with Gasteiger partial charge in [-0.3, -0.25) is 0 Å². The van der Waals surface area contributed by atoms with Crippen LogP contribution in [0.5, 0.6) is 5.75 Å². The van der Waals surface area contributed by atoms with Gasteiger partial charge in [0.05, 0.1) is 12.7 Å². The summed E-state index contributed by atoms with van der Waals surface area (Å²) in [7, 11) is 1.63. The molecule has 20 heavy (non-hydrogen) atoms. The van der Waals surface area contributed by atoms with Gasteiger partial charge in [0, 0.05) is 0 Å². The number of hydrogen-bond donors (Lipinski definition) is 1. The summed E-state index contributed by atoms with van der Waals surface area (Å²) in [5, 5.41) is 10.5. The molecule has 3 heteroatoms. The van der Waals surface area contributed by atoms with Crippen LogP contribution in [-0.2, 0) is 12.0 Å². The summed E-state index contributed by atoms with van der Waals surface area (Å²) >= 11 is 0. The quantitative estimate of drug-likeness (QED) is 0.901. The lowest BCUT2D eigenvalue weighted by Crippen LogP contribution is -2.21. The van der Waals surface area contributed by atoms with E-state index in [0.717, 1.165) is 23.3 Å². The molecule has 2 aromatic rings. The van der Waals surface area contributed by atoms with Gasteiger partial charge < -0.3 is 9.84 Å². The van der Waals surface area contributed by atoms with Gasteiger partial charge >= 0.3 is 0 Å². The summed E-state index contributed by atoms with van der Waals surface area (Å²) in [5.74, 6) is 0.527. The smallest absolute Gasteiger partial charge is 0.123 e. The van der Waals surface area contributed by atoms with Crippen molar-refractivity contribution < 1.29 is 14.2 Å². The molecule has 0 aliphatic heterocycles. The minimum absolute atomic E-state index is 0.292. The van der Waals surface area contributed by atoms with Gasteiger partial charge in [-0.25, -0.2) is 4.39 Å². The first-order valence-electron chi connectivity index (χ1n) is 6.62. The van der Waals surface area contributed by atoms with Crippen LogP contribution in [0.1, 0.15) is 24.5 Å². The SMILES string of the molecule is COc1ccc(CCC(C)(O)c2ccc(F)cc2)cc1. The number of rotatable bonds is 5. The average Bonchev–Trinajstić information content (AvgIpc) is 2.46. The molecule has 0 bridgehead atoms. The van der Waals surface area contributed by atoms with Crippen LogP contribution in [0.4, 0.5) is 4.39 Å². The maximum Gasteiger partial charge on any atom is 0.123 e. The maximum absolute atomic E-state index is 12.9. The summed E-state index contributed by atoms with van der Waals surface area (Å²) in [6, 6.07) is 13.8. The third kappa shape index (κ3) is 3.58.